The average Bonchev–Trinajstić information content (AvgIpc) is 3.21. The Morgan fingerprint density at radius 2 is 2.08 bits per heavy atom. The number of halogens is 1. The van der Waals surface area contributed by atoms with E-state index in [1.54, 1.807) is 11.3 Å². The highest BCUT2D eigenvalue weighted by Gasteiger charge is 2.23. The number of aliphatic imine (C=N–C) groups is 1. The first kappa shape index (κ1) is 20.0. The molecule has 2 heterocycles. The summed E-state index contributed by atoms with van der Waals surface area (Å²) in [6, 6.07) is 9.17. The molecule has 3 rings (SSSR count). The molecule has 1 aromatic heterocycles. The Balaban J connectivity index is 0.00000225. The molecule has 1 saturated heterocycles. The number of anilines is 1. The maximum Gasteiger partial charge on any atom is 0.191 e. The molecule has 1 atom stereocenters. The molecule has 1 unspecified atom stereocenters. The summed E-state index contributed by atoms with van der Waals surface area (Å²) in [5.74, 6) is 0.846. The van der Waals surface area contributed by atoms with Crippen LogP contribution in [-0.4, -0.2) is 37.1 Å². The van der Waals surface area contributed by atoms with Gasteiger partial charge in [-0.05, 0) is 32.4 Å². The zero-order valence-corrected chi connectivity index (χ0v) is 18.1. The van der Waals surface area contributed by atoms with E-state index in [9.17, 15) is 0 Å². The summed E-state index contributed by atoms with van der Waals surface area (Å²) in [4.78, 5) is 12.4. The number of rotatable bonds is 4. The smallest absolute Gasteiger partial charge is 0.191 e. The first-order chi connectivity index (χ1) is 11.6. The van der Waals surface area contributed by atoms with E-state index >= 15 is 0 Å². The van der Waals surface area contributed by atoms with Crippen LogP contribution in [0.3, 0.4) is 0 Å². The average molecular weight is 471 g/mol. The molecule has 0 spiro atoms. The predicted octanol–water partition coefficient (Wildman–Crippen LogP) is 3.32. The summed E-state index contributed by atoms with van der Waals surface area (Å²) < 4.78 is 0. The number of aromatic nitrogens is 1. The normalized spacial score (nSPS) is 17.3. The highest BCUT2D eigenvalue weighted by molar-refractivity contribution is 14.0. The van der Waals surface area contributed by atoms with E-state index in [0.29, 0.717) is 12.6 Å². The van der Waals surface area contributed by atoms with E-state index in [4.69, 9.17) is 0 Å². The van der Waals surface area contributed by atoms with Gasteiger partial charge in [-0.25, -0.2) is 4.98 Å². The van der Waals surface area contributed by atoms with Gasteiger partial charge >= 0.3 is 0 Å². The fourth-order valence-corrected chi connectivity index (χ4v) is 3.63. The van der Waals surface area contributed by atoms with Crippen LogP contribution in [0.25, 0.3) is 0 Å². The highest BCUT2D eigenvalue weighted by atomic mass is 127. The lowest BCUT2D eigenvalue weighted by molar-refractivity contribution is 0.648. The van der Waals surface area contributed by atoms with Crippen molar-refractivity contribution in [3.63, 3.8) is 0 Å². The largest absolute Gasteiger partial charge is 0.369 e. The van der Waals surface area contributed by atoms with Crippen molar-refractivity contribution in [2.45, 2.75) is 32.9 Å². The molecule has 2 N–H and O–H groups in total. The molecular formula is C18H26IN5S. The van der Waals surface area contributed by atoms with Crippen molar-refractivity contribution >= 4 is 47.0 Å². The van der Waals surface area contributed by atoms with Gasteiger partial charge in [-0.1, -0.05) is 17.7 Å². The van der Waals surface area contributed by atoms with Crippen molar-refractivity contribution in [1.29, 1.82) is 0 Å². The summed E-state index contributed by atoms with van der Waals surface area (Å²) in [5, 5.41) is 7.97. The molecule has 1 fully saturated rings. The number of benzene rings is 1. The lowest BCUT2D eigenvalue weighted by atomic mass is 10.2. The second-order valence-corrected chi connectivity index (χ2v) is 7.52. The fraction of sp³-hybridized carbons (Fsp3) is 0.444. The van der Waals surface area contributed by atoms with E-state index in [1.807, 2.05) is 13.2 Å². The van der Waals surface area contributed by atoms with Crippen LogP contribution in [0.1, 0.15) is 21.9 Å². The van der Waals surface area contributed by atoms with Crippen molar-refractivity contribution in [3.05, 3.63) is 45.9 Å². The van der Waals surface area contributed by atoms with E-state index < -0.39 is 0 Å². The van der Waals surface area contributed by atoms with Crippen molar-refractivity contribution in [2.24, 2.45) is 4.99 Å². The summed E-state index contributed by atoms with van der Waals surface area (Å²) in [5.41, 5.74) is 2.60. The minimum absolute atomic E-state index is 0. The molecule has 7 heteroatoms. The van der Waals surface area contributed by atoms with Crippen LogP contribution in [0.2, 0.25) is 0 Å². The van der Waals surface area contributed by atoms with Gasteiger partial charge in [0.2, 0.25) is 0 Å². The van der Waals surface area contributed by atoms with Crippen LogP contribution in [0.5, 0.6) is 0 Å². The fourth-order valence-electron chi connectivity index (χ4n) is 2.90. The van der Waals surface area contributed by atoms with Crippen LogP contribution < -0.4 is 15.5 Å². The number of hydrogen-bond donors (Lipinski definition) is 2. The number of thiazole rings is 1. The van der Waals surface area contributed by atoms with Crippen molar-refractivity contribution in [3.8, 4) is 0 Å². The Kier molecular flexibility index (Phi) is 7.49. The van der Waals surface area contributed by atoms with Crippen molar-refractivity contribution in [2.75, 3.05) is 25.0 Å². The third-order valence-electron chi connectivity index (χ3n) is 4.23. The van der Waals surface area contributed by atoms with Crippen LogP contribution in [0.4, 0.5) is 5.69 Å². The molecule has 25 heavy (non-hydrogen) atoms. The second kappa shape index (κ2) is 9.38. The standard InChI is InChI=1S/C18H25N5S.HI/c1-13-4-6-16(7-5-13)23-9-8-15(12-23)22-18(19-3)21-11-17-20-10-14(2)24-17;/h4-7,10,15H,8-9,11-12H2,1-3H3,(H2,19,21,22);1H. The molecular weight excluding hydrogens is 445 g/mol. The number of aryl methyl sites for hydroxylation is 2. The Morgan fingerprint density at radius 3 is 2.72 bits per heavy atom. The molecule has 136 valence electrons. The van der Waals surface area contributed by atoms with Gasteiger partial charge in [-0.2, -0.15) is 0 Å². The Morgan fingerprint density at radius 1 is 1.32 bits per heavy atom. The lowest BCUT2D eigenvalue weighted by Gasteiger charge is -2.20. The van der Waals surface area contributed by atoms with Gasteiger partial charge in [0, 0.05) is 42.9 Å². The molecule has 0 saturated carbocycles. The Labute approximate surface area is 171 Å². The molecule has 5 nitrogen and oxygen atoms in total. The summed E-state index contributed by atoms with van der Waals surface area (Å²) in [6.45, 7) is 6.99. The highest BCUT2D eigenvalue weighted by Crippen LogP contribution is 2.20. The second-order valence-electron chi connectivity index (χ2n) is 6.20. The third-order valence-corrected chi connectivity index (χ3v) is 5.14. The maximum absolute atomic E-state index is 4.38. The first-order valence-electron chi connectivity index (χ1n) is 8.34. The van der Waals surface area contributed by atoms with Gasteiger partial charge in [0.1, 0.15) is 5.01 Å². The van der Waals surface area contributed by atoms with Gasteiger partial charge in [0.15, 0.2) is 5.96 Å². The number of nitrogens with zero attached hydrogens (tertiary/aromatic N) is 3. The predicted molar refractivity (Wildman–Crippen MR) is 117 cm³/mol. The van der Waals surface area contributed by atoms with Crippen molar-refractivity contribution in [1.82, 2.24) is 15.6 Å². The molecule has 2 aromatic rings. The summed E-state index contributed by atoms with van der Waals surface area (Å²) in [7, 11) is 1.81. The van der Waals surface area contributed by atoms with Crippen LogP contribution >= 0.6 is 35.3 Å². The van der Waals surface area contributed by atoms with Crippen LogP contribution in [-0.2, 0) is 6.54 Å². The minimum Gasteiger partial charge on any atom is -0.369 e. The minimum atomic E-state index is 0. The SMILES string of the molecule is CN=C(NCc1ncc(C)s1)NC1CCN(c2ccc(C)cc2)C1.I. The lowest BCUT2D eigenvalue weighted by Crippen LogP contribution is -2.44. The van der Waals surface area contributed by atoms with Crippen LogP contribution in [0, 0.1) is 13.8 Å². The van der Waals surface area contributed by atoms with Gasteiger partial charge < -0.3 is 15.5 Å². The van der Waals surface area contributed by atoms with E-state index in [1.165, 1.54) is 16.1 Å². The molecule has 0 bridgehead atoms. The summed E-state index contributed by atoms with van der Waals surface area (Å²) in [6.07, 6.45) is 3.03. The topological polar surface area (TPSA) is 52.6 Å². The molecule has 0 amide bonds. The zero-order valence-electron chi connectivity index (χ0n) is 15.0. The van der Waals surface area contributed by atoms with E-state index in [0.717, 1.165) is 30.5 Å². The quantitative estimate of drug-likeness (QED) is 0.408. The Hall–Kier alpha value is -1.35. The third kappa shape index (κ3) is 5.57. The van der Waals surface area contributed by atoms with E-state index in [2.05, 4.69) is 63.6 Å². The van der Waals surface area contributed by atoms with Gasteiger partial charge in [-0.3, -0.25) is 4.99 Å². The molecule has 0 aliphatic carbocycles. The number of hydrogen-bond acceptors (Lipinski definition) is 4. The first-order valence-corrected chi connectivity index (χ1v) is 9.16. The van der Waals surface area contributed by atoms with E-state index in [-0.39, 0.29) is 24.0 Å². The molecule has 1 aromatic carbocycles. The number of guanidine groups is 1. The van der Waals surface area contributed by atoms with Crippen molar-refractivity contribution < 1.29 is 0 Å². The van der Waals surface area contributed by atoms with Crippen LogP contribution in [0.15, 0.2) is 35.5 Å². The van der Waals surface area contributed by atoms with Gasteiger partial charge in [0.25, 0.3) is 0 Å². The maximum atomic E-state index is 4.38. The molecule has 0 radical (unpaired) electrons. The summed E-state index contributed by atoms with van der Waals surface area (Å²) >= 11 is 1.72. The van der Waals surface area contributed by atoms with Gasteiger partial charge in [0.05, 0.1) is 6.54 Å². The molecule has 1 aliphatic rings. The number of nitrogens with one attached hydrogen (secondary N) is 2. The zero-order chi connectivity index (χ0) is 16.9. The van der Waals surface area contributed by atoms with Gasteiger partial charge in [-0.15, -0.1) is 35.3 Å². The monoisotopic (exact) mass is 471 g/mol. The molecule has 1 aliphatic heterocycles. The Bertz CT molecular complexity index is 698.